The Morgan fingerprint density at radius 3 is 2.67 bits per heavy atom. The van der Waals surface area contributed by atoms with Gasteiger partial charge in [-0.05, 0) is 31.9 Å². The second-order valence-corrected chi connectivity index (χ2v) is 5.05. The van der Waals surface area contributed by atoms with E-state index in [2.05, 4.69) is 44.3 Å². The number of benzene rings is 1. The molecule has 2 rings (SSSR count). The molecule has 2 heteroatoms. The zero-order valence-electron chi connectivity index (χ0n) is 9.80. The molecule has 15 heavy (non-hydrogen) atoms. The topological polar surface area (TPSA) is 38.0 Å². The van der Waals surface area contributed by atoms with Crippen molar-refractivity contribution in [1.29, 1.82) is 0 Å². The van der Waals surface area contributed by atoms with Crippen molar-refractivity contribution in [3.63, 3.8) is 0 Å². The molecular weight excluding hydrogens is 184 g/mol. The normalized spacial score (nSPS) is 30.8. The van der Waals surface area contributed by atoms with Crippen LogP contribution < -0.4 is 11.1 Å². The molecule has 1 heterocycles. The summed E-state index contributed by atoms with van der Waals surface area (Å²) in [5, 5.41) is 3.38. The maximum Gasteiger partial charge on any atom is 0.0334 e. The third kappa shape index (κ3) is 1.92. The number of aryl methyl sites for hydroxylation is 2. The molecule has 0 aromatic heterocycles. The van der Waals surface area contributed by atoms with E-state index >= 15 is 0 Å². The van der Waals surface area contributed by atoms with Gasteiger partial charge in [-0.25, -0.2) is 0 Å². The number of nitrogens with two attached hydrogens (primary N) is 1. The molecule has 0 spiro atoms. The molecule has 1 aromatic rings. The van der Waals surface area contributed by atoms with Crippen molar-refractivity contribution in [2.75, 3.05) is 13.1 Å². The van der Waals surface area contributed by atoms with E-state index in [1.807, 2.05) is 0 Å². The SMILES string of the molecule is Cc1ccc([C@@H]2CNC[C@@]2(C)N)c(C)c1. The Morgan fingerprint density at radius 1 is 1.40 bits per heavy atom. The molecule has 1 fully saturated rings. The van der Waals surface area contributed by atoms with E-state index in [1.54, 1.807) is 0 Å². The lowest BCUT2D eigenvalue weighted by Gasteiger charge is -2.27. The summed E-state index contributed by atoms with van der Waals surface area (Å²) >= 11 is 0. The fraction of sp³-hybridized carbons (Fsp3) is 0.538. The summed E-state index contributed by atoms with van der Waals surface area (Å²) in [6.07, 6.45) is 0. The lowest BCUT2D eigenvalue weighted by Crippen LogP contribution is -2.43. The first-order valence-corrected chi connectivity index (χ1v) is 5.57. The minimum Gasteiger partial charge on any atom is -0.324 e. The van der Waals surface area contributed by atoms with Crippen molar-refractivity contribution in [3.8, 4) is 0 Å². The van der Waals surface area contributed by atoms with Crippen LogP contribution in [0.2, 0.25) is 0 Å². The van der Waals surface area contributed by atoms with Crippen molar-refractivity contribution in [1.82, 2.24) is 5.32 Å². The van der Waals surface area contributed by atoms with E-state index in [0.29, 0.717) is 5.92 Å². The van der Waals surface area contributed by atoms with Crippen molar-refractivity contribution >= 4 is 0 Å². The third-order valence-electron chi connectivity index (χ3n) is 3.45. The molecule has 0 amide bonds. The predicted octanol–water partition coefficient (Wildman–Crippen LogP) is 1.71. The molecule has 82 valence electrons. The summed E-state index contributed by atoms with van der Waals surface area (Å²) in [4.78, 5) is 0. The fourth-order valence-electron chi connectivity index (χ4n) is 2.52. The fourth-order valence-corrected chi connectivity index (χ4v) is 2.52. The summed E-state index contributed by atoms with van der Waals surface area (Å²) in [5.41, 5.74) is 10.3. The Bertz CT molecular complexity index is 369. The van der Waals surface area contributed by atoms with Crippen molar-refractivity contribution in [2.24, 2.45) is 5.73 Å². The van der Waals surface area contributed by atoms with Crippen LogP contribution in [0.5, 0.6) is 0 Å². The lowest BCUT2D eigenvalue weighted by molar-refractivity contribution is 0.461. The highest BCUT2D eigenvalue weighted by Gasteiger charge is 2.36. The van der Waals surface area contributed by atoms with E-state index in [-0.39, 0.29) is 5.54 Å². The smallest absolute Gasteiger partial charge is 0.0334 e. The molecule has 1 aliphatic heterocycles. The quantitative estimate of drug-likeness (QED) is 0.731. The van der Waals surface area contributed by atoms with Gasteiger partial charge in [-0.2, -0.15) is 0 Å². The summed E-state index contributed by atoms with van der Waals surface area (Å²) in [7, 11) is 0. The van der Waals surface area contributed by atoms with Crippen LogP contribution in [-0.4, -0.2) is 18.6 Å². The van der Waals surface area contributed by atoms with Crippen LogP contribution >= 0.6 is 0 Å². The van der Waals surface area contributed by atoms with Crippen molar-refractivity contribution in [2.45, 2.75) is 32.2 Å². The molecular formula is C13H20N2. The van der Waals surface area contributed by atoms with Gasteiger partial charge in [0.15, 0.2) is 0 Å². The maximum atomic E-state index is 6.30. The van der Waals surface area contributed by atoms with Gasteiger partial charge in [-0.15, -0.1) is 0 Å². The highest BCUT2D eigenvalue weighted by atomic mass is 15.0. The highest BCUT2D eigenvalue weighted by molar-refractivity contribution is 5.36. The van der Waals surface area contributed by atoms with Gasteiger partial charge < -0.3 is 11.1 Å². The zero-order chi connectivity index (χ0) is 11.1. The molecule has 0 radical (unpaired) electrons. The Labute approximate surface area is 91.9 Å². The van der Waals surface area contributed by atoms with Crippen LogP contribution in [0.25, 0.3) is 0 Å². The summed E-state index contributed by atoms with van der Waals surface area (Å²) in [6.45, 7) is 8.35. The van der Waals surface area contributed by atoms with Gasteiger partial charge in [0.25, 0.3) is 0 Å². The second kappa shape index (κ2) is 3.62. The number of hydrogen-bond donors (Lipinski definition) is 2. The Morgan fingerprint density at radius 2 is 2.13 bits per heavy atom. The van der Waals surface area contributed by atoms with Gasteiger partial charge in [0, 0.05) is 24.5 Å². The Balaban J connectivity index is 2.37. The van der Waals surface area contributed by atoms with Crippen LogP contribution in [0, 0.1) is 13.8 Å². The van der Waals surface area contributed by atoms with Crippen molar-refractivity contribution in [3.05, 3.63) is 34.9 Å². The predicted molar refractivity (Wildman–Crippen MR) is 64.1 cm³/mol. The Kier molecular flexibility index (Phi) is 2.57. The van der Waals surface area contributed by atoms with Gasteiger partial charge in [0.1, 0.15) is 0 Å². The van der Waals surface area contributed by atoms with Gasteiger partial charge >= 0.3 is 0 Å². The number of nitrogens with one attached hydrogen (secondary N) is 1. The van der Waals surface area contributed by atoms with Crippen LogP contribution in [0.15, 0.2) is 18.2 Å². The summed E-state index contributed by atoms with van der Waals surface area (Å²) in [5.74, 6) is 0.443. The summed E-state index contributed by atoms with van der Waals surface area (Å²) < 4.78 is 0. The molecule has 0 saturated carbocycles. The molecule has 1 aliphatic rings. The third-order valence-corrected chi connectivity index (χ3v) is 3.45. The first-order valence-electron chi connectivity index (χ1n) is 5.57. The first kappa shape index (κ1) is 10.7. The molecule has 2 atom stereocenters. The number of hydrogen-bond acceptors (Lipinski definition) is 2. The van der Waals surface area contributed by atoms with Crippen LogP contribution in [0.1, 0.15) is 29.5 Å². The standard InChI is InChI=1S/C13H20N2/c1-9-4-5-11(10(2)6-9)12-7-15-8-13(12,3)14/h4-6,12,15H,7-8,14H2,1-3H3/t12-,13+/m0/s1. The molecule has 1 saturated heterocycles. The van der Waals surface area contributed by atoms with E-state index in [0.717, 1.165) is 13.1 Å². The lowest BCUT2D eigenvalue weighted by atomic mass is 9.82. The van der Waals surface area contributed by atoms with E-state index in [9.17, 15) is 0 Å². The molecule has 1 aromatic carbocycles. The second-order valence-electron chi connectivity index (χ2n) is 5.05. The highest BCUT2D eigenvalue weighted by Crippen LogP contribution is 2.31. The van der Waals surface area contributed by atoms with Crippen molar-refractivity contribution < 1.29 is 0 Å². The molecule has 0 unspecified atom stereocenters. The van der Waals surface area contributed by atoms with E-state index in [1.165, 1.54) is 16.7 Å². The monoisotopic (exact) mass is 204 g/mol. The maximum absolute atomic E-state index is 6.30. The van der Waals surface area contributed by atoms with Crippen LogP contribution in [0.4, 0.5) is 0 Å². The molecule has 3 N–H and O–H groups in total. The minimum absolute atomic E-state index is 0.111. The van der Waals surface area contributed by atoms with E-state index in [4.69, 9.17) is 5.73 Å². The average Bonchev–Trinajstić information content (AvgIpc) is 2.46. The summed E-state index contributed by atoms with van der Waals surface area (Å²) in [6, 6.07) is 6.65. The Hall–Kier alpha value is -0.860. The van der Waals surface area contributed by atoms with Gasteiger partial charge in [-0.1, -0.05) is 23.8 Å². The molecule has 0 aliphatic carbocycles. The largest absolute Gasteiger partial charge is 0.324 e. The average molecular weight is 204 g/mol. The van der Waals surface area contributed by atoms with Crippen LogP contribution in [0.3, 0.4) is 0 Å². The first-order chi connectivity index (χ1) is 7.00. The van der Waals surface area contributed by atoms with Gasteiger partial charge in [0.2, 0.25) is 0 Å². The van der Waals surface area contributed by atoms with Gasteiger partial charge in [-0.3, -0.25) is 0 Å². The zero-order valence-corrected chi connectivity index (χ0v) is 9.80. The van der Waals surface area contributed by atoms with Crippen LogP contribution in [-0.2, 0) is 0 Å². The van der Waals surface area contributed by atoms with E-state index < -0.39 is 0 Å². The minimum atomic E-state index is -0.111. The van der Waals surface area contributed by atoms with Gasteiger partial charge in [0.05, 0.1) is 0 Å². The molecule has 2 nitrogen and oxygen atoms in total. The molecule has 0 bridgehead atoms. The number of rotatable bonds is 1.